The molecule has 2 aromatic rings. The van der Waals surface area contributed by atoms with Gasteiger partial charge in [0, 0.05) is 12.6 Å². The number of hydrogen-bond donors (Lipinski definition) is 0. The van der Waals surface area contributed by atoms with Crippen molar-refractivity contribution in [3.05, 3.63) is 65.2 Å². The molecule has 6 heteroatoms. The van der Waals surface area contributed by atoms with Crippen LogP contribution in [-0.4, -0.2) is 43.4 Å². The maximum atomic E-state index is 13.6. The first-order chi connectivity index (χ1) is 14.8. The summed E-state index contributed by atoms with van der Waals surface area (Å²) in [5.74, 6) is 0.951. The molecule has 5 nitrogen and oxygen atoms in total. The van der Waals surface area contributed by atoms with Crippen molar-refractivity contribution in [2.24, 2.45) is 0 Å². The summed E-state index contributed by atoms with van der Waals surface area (Å²) < 4.78 is 30.2. The number of carbonyl (C=O) groups excluding carboxylic acids is 1. The summed E-state index contributed by atoms with van der Waals surface area (Å²) in [7, 11) is -3.12. The van der Waals surface area contributed by atoms with Crippen molar-refractivity contribution in [3.63, 3.8) is 0 Å². The Hall–Kier alpha value is -2.34. The Bertz CT molecular complexity index is 983. The predicted molar refractivity (Wildman–Crippen MR) is 124 cm³/mol. The Labute approximate surface area is 186 Å². The molecule has 0 N–H and O–H groups in total. The van der Waals surface area contributed by atoms with E-state index in [1.165, 1.54) is 5.56 Å². The first kappa shape index (κ1) is 23.3. The van der Waals surface area contributed by atoms with Crippen LogP contribution in [0.4, 0.5) is 0 Å². The SMILES string of the molecule is CCCCOc1ccccc1C(=O)N(Cc1ccc(C(C)C)cc1)C1CCS(=O)(=O)C1. The van der Waals surface area contributed by atoms with Gasteiger partial charge >= 0.3 is 0 Å². The maximum absolute atomic E-state index is 13.6. The van der Waals surface area contributed by atoms with Gasteiger partial charge in [0.1, 0.15) is 5.75 Å². The van der Waals surface area contributed by atoms with Gasteiger partial charge in [-0.25, -0.2) is 8.42 Å². The molecule has 1 amide bonds. The van der Waals surface area contributed by atoms with E-state index in [4.69, 9.17) is 4.74 Å². The summed E-state index contributed by atoms with van der Waals surface area (Å²) in [4.78, 5) is 15.3. The summed E-state index contributed by atoms with van der Waals surface area (Å²) in [6.45, 7) is 7.30. The number of sulfone groups is 1. The highest BCUT2D eigenvalue weighted by molar-refractivity contribution is 7.91. The zero-order valence-corrected chi connectivity index (χ0v) is 19.5. The molecule has 0 radical (unpaired) electrons. The molecule has 0 aliphatic carbocycles. The van der Waals surface area contributed by atoms with E-state index in [1.807, 2.05) is 30.3 Å². The molecule has 0 spiro atoms. The molecule has 31 heavy (non-hydrogen) atoms. The van der Waals surface area contributed by atoms with Crippen LogP contribution in [0, 0.1) is 0 Å². The second-order valence-electron chi connectivity index (χ2n) is 8.58. The molecule has 0 saturated carbocycles. The van der Waals surface area contributed by atoms with Crippen LogP contribution < -0.4 is 4.74 Å². The number of nitrogens with zero attached hydrogens (tertiary/aromatic N) is 1. The molecule has 1 saturated heterocycles. The van der Waals surface area contributed by atoms with Gasteiger partial charge in [-0.05, 0) is 42.0 Å². The fourth-order valence-corrected chi connectivity index (χ4v) is 5.57. The van der Waals surface area contributed by atoms with Crippen LogP contribution in [0.1, 0.15) is 67.4 Å². The van der Waals surface area contributed by atoms with Gasteiger partial charge in [0.05, 0.1) is 23.7 Å². The summed E-state index contributed by atoms with van der Waals surface area (Å²) >= 11 is 0. The molecule has 1 aliphatic heterocycles. The van der Waals surface area contributed by atoms with Gasteiger partial charge < -0.3 is 9.64 Å². The Kier molecular flexibility index (Phi) is 7.76. The van der Waals surface area contributed by atoms with Crippen molar-refractivity contribution >= 4 is 15.7 Å². The summed E-state index contributed by atoms with van der Waals surface area (Å²) in [6.07, 6.45) is 2.39. The zero-order chi connectivity index (χ0) is 22.4. The van der Waals surface area contributed by atoms with Gasteiger partial charge in [0.15, 0.2) is 9.84 Å². The third-order valence-electron chi connectivity index (χ3n) is 5.78. The highest BCUT2D eigenvalue weighted by Crippen LogP contribution is 2.27. The Morgan fingerprint density at radius 1 is 1.13 bits per heavy atom. The average molecular weight is 444 g/mol. The minimum atomic E-state index is -3.12. The molecule has 1 aliphatic rings. The van der Waals surface area contributed by atoms with Crippen LogP contribution in [-0.2, 0) is 16.4 Å². The van der Waals surface area contributed by atoms with Crippen LogP contribution in [0.5, 0.6) is 5.75 Å². The summed E-state index contributed by atoms with van der Waals surface area (Å²) in [5, 5.41) is 0. The van der Waals surface area contributed by atoms with E-state index in [0.29, 0.717) is 36.8 Å². The number of carbonyl (C=O) groups is 1. The lowest BCUT2D eigenvalue weighted by Gasteiger charge is -2.29. The third kappa shape index (κ3) is 6.10. The molecule has 1 fully saturated rings. The Morgan fingerprint density at radius 2 is 1.84 bits per heavy atom. The number of rotatable bonds is 9. The van der Waals surface area contributed by atoms with Gasteiger partial charge in [-0.3, -0.25) is 4.79 Å². The summed E-state index contributed by atoms with van der Waals surface area (Å²) in [6, 6.07) is 15.1. The lowest BCUT2D eigenvalue weighted by atomic mass is 10.0. The lowest BCUT2D eigenvalue weighted by molar-refractivity contribution is 0.0676. The van der Waals surface area contributed by atoms with Crippen LogP contribution in [0.25, 0.3) is 0 Å². The number of unbranched alkanes of at least 4 members (excludes halogenated alkanes) is 1. The smallest absolute Gasteiger partial charge is 0.258 e. The van der Waals surface area contributed by atoms with Crippen molar-refractivity contribution in [2.45, 2.75) is 58.5 Å². The van der Waals surface area contributed by atoms with E-state index in [9.17, 15) is 13.2 Å². The molecule has 3 rings (SSSR count). The van der Waals surface area contributed by atoms with Crippen LogP contribution >= 0.6 is 0 Å². The molecule has 0 bridgehead atoms. The van der Waals surface area contributed by atoms with E-state index < -0.39 is 9.84 Å². The van der Waals surface area contributed by atoms with Gasteiger partial charge in [0.25, 0.3) is 5.91 Å². The molecule has 1 unspecified atom stereocenters. The fraction of sp³-hybridized carbons (Fsp3) is 0.480. The zero-order valence-electron chi connectivity index (χ0n) is 18.7. The standard InChI is InChI=1S/C25H33NO4S/c1-4-5-15-30-24-9-7-6-8-23(24)25(27)26(22-14-16-31(28,29)18-22)17-20-10-12-21(13-11-20)19(2)3/h6-13,19,22H,4-5,14-18H2,1-3H3. The molecule has 2 aromatic carbocycles. The van der Waals surface area contributed by atoms with Crippen LogP contribution in [0.2, 0.25) is 0 Å². The number of benzene rings is 2. The number of hydrogen-bond acceptors (Lipinski definition) is 4. The van der Waals surface area contributed by atoms with Gasteiger partial charge in [-0.2, -0.15) is 0 Å². The van der Waals surface area contributed by atoms with Crippen molar-refractivity contribution < 1.29 is 17.9 Å². The van der Waals surface area contributed by atoms with Crippen molar-refractivity contribution in [3.8, 4) is 5.75 Å². The van der Waals surface area contributed by atoms with Crippen molar-refractivity contribution in [1.29, 1.82) is 0 Å². The van der Waals surface area contributed by atoms with Crippen LogP contribution in [0.3, 0.4) is 0 Å². The van der Waals surface area contributed by atoms with Gasteiger partial charge in [0.2, 0.25) is 0 Å². The Morgan fingerprint density at radius 3 is 2.45 bits per heavy atom. The average Bonchev–Trinajstić information content (AvgIpc) is 3.12. The van der Waals surface area contributed by atoms with Crippen molar-refractivity contribution in [1.82, 2.24) is 4.90 Å². The Balaban J connectivity index is 1.88. The van der Waals surface area contributed by atoms with Gasteiger partial charge in [-0.1, -0.05) is 63.6 Å². The van der Waals surface area contributed by atoms with E-state index in [2.05, 4.69) is 32.9 Å². The number of ether oxygens (including phenoxy) is 1. The monoisotopic (exact) mass is 443 g/mol. The minimum absolute atomic E-state index is 0.0156. The number of amides is 1. The molecule has 1 atom stereocenters. The topological polar surface area (TPSA) is 63.7 Å². The quantitative estimate of drug-likeness (QED) is 0.521. The second-order valence-corrected chi connectivity index (χ2v) is 10.8. The highest BCUT2D eigenvalue weighted by atomic mass is 32.2. The third-order valence-corrected chi connectivity index (χ3v) is 7.53. The first-order valence-corrected chi connectivity index (χ1v) is 12.9. The molecule has 0 aromatic heterocycles. The van der Waals surface area contributed by atoms with Crippen molar-refractivity contribution in [2.75, 3.05) is 18.1 Å². The maximum Gasteiger partial charge on any atom is 0.258 e. The van der Waals surface area contributed by atoms with E-state index in [0.717, 1.165) is 18.4 Å². The largest absolute Gasteiger partial charge is 0.493 e. The normalized spacial score (nSPS) is 17.6. The van der Waals surface area contributed by atoms with E-state index in [1.54, 1.807) is 11.0 Å². The molecular formula is C25H33NO4S. The molecule has 168 valence electrons. The van der Waals surface area contributed by atoms with Crippen LogP contribution in [0.15, 0.2) is 48.5 Å². The van der Waals surface area contributed by atoms with Gasteiger partial charge in [-0.15, -0.1) is 0 Å². The number of para-hydroxylation sites is 1. The summed E-state index contributed by atoms with van der Waals surface area (Å²) in [5.41, 5.74) is 2.72. The second kappa shape index (κ2) is 10.3. The highest BCUT2D eigenvalue weighted by Gasteiger charge is 2.35. The first-order valence-electron chi connectivity index (χ1n) is 11.1. The fourth-order valence-electron chi connectivity index (χ4n) is 3.84. The van der Waals surface area contributed by atoms with E-state index in [-0.39, 0.29) is 23.5 Å². The minimum Gasteiger partial charge on any atom is -0.493 e. The predicted octanol–water partition coefficient (Wildman–Crippen LogP) is 4.82. The lowest BCUT2D eigenvalue weighted by Crippen LogP contribution is -2.40. The van der Waals surface area contributed by atoms with E-state index >= 15 is 0 Å². The molecular weight excluding hydrogens is 410 g/mol. The molecule has 1 heterocycles.